The average molecular weight is 2130 g/mol. The molecular weight excluding hydrogens is 1990 g/mol. The zero-order valence-electron chi connectivity index (χ0n) is 85.2. The van der Waals surface area contributed by atoms with E-state index in [9.17, 15) is 40.9 Å². The van der Waals surface area contributed by atoms with Crippen molar-refractivity contribution in [3.63, 3.8) is 0 Å². The van der Waals surface area contributed by atoms with Gasteiger partial charge in [-0.05, 0) is 230 Å². The Morgan fingerprint density at radius 1 is 0.331 bits per heavy atom. The Balaban J connectivity index is 0.000000121. The number of aliphatic hydroxyl groups is 8. The summed E-state index contributed by atoms with van der Waals surface area (Å²) < 4.78 is 0. The van der Waals surface area contributed by atoms with Crippen molar-refractivity contribution in [1.82, 2.24) is 49.5 Å². The van der Waals surface area contributed by atoms with Crippen LogP contribution in [0.5, 0.6) is 0 Å². The fourth-order valence-corrected chi connectivity index (χ4v) is 29.1. The maximum atomic E-state index is 10.7. The number of benzene rings is 4. The molecule has 4 aromatic carbocycles. The van der Waals surface area contributed by atoms with Gasteiger partial charge in [-0.25, -0.2) is 0 Å². The largest absolute Gasteiger partial charge is 0.398 e. The number of nitrogens with two attached hydrogens (primary N) is 6. The number of nitrogen functional groups attached to an aromatic ring is 6. The van der Waals surface area contributed by atoms with Crippen LogP contribution in [0.2, 0.25) is 5.02 Å². The van der Waals surface area contributed by atoms with E-state index in [-0.39, 0.29) is 54.0 Å². The number of hydrogen-bond acceptors (Lipinski definition) is 30. The van der Waals surface area contributed by atoms with Crippen molar-refractivity contribution in [3.05, 3.63) is 302 Å². The number of anilines is 6. The molecule has 6 aromatic heterocycles. The third-order valence-corrected chi connectivity index (χ3v) is 38.0. The number of pyridine rings is 6. The Kier molecular flexibility index (Phi) is 39.1. The summed E-state index contributed by atoms with van der Waals surface area (Å²) in [6, 6.07) is 46.3. The first-order chi connectivity index (χ1) is 71.8. The van der Waals surface area contributed by atoms with Crippen LogP contribution < -0.4 is 34.4 Å². The highest BCUT2D eigenvalue weighted by Crippen LogP contribution is 2.49. The molecule has 4 saturated heterocycles. The van der Waals surface area contributed by atoms with E-state index in [0.29, 0.717) is 24.3 Å². The van der Waals surface area contributed by atoms with Gasteiger partial charge in [0.2, 0.25) is 0 Å². The van der Waals surface area contributed by atoms with Crippen LogP contribution in [0, 0.1) is 61.2 Å². The van der Waals surface area contributed by atoms with Crippen LogP contribution in [0.1, 0.15) is 124 Å². The highest BCUT2D eigenvalue weighted by molar-refractivity contribution is 8.00. The van der Waals surface area contributed by atoms with Crippen LogP contribution in [0.4, 0.5) is 34.1 Å². The molecule has 16 atom stereocenters. The molecule has 24 nitrogen and oxygen atoms in total. The van der Waals surface area contributed by atoms with Gasteiger partial charge in [0.15, 0.2) is 0 Å². The quantitative estimate of drug-likeness (QED) is 0.0142. The number of halogens is 1. The molecule has 4 aliphatic heterocycles. The average Bonchev–Trinajstić information content (AvgIpc) is 1.62. The summed E-state index contributed by atoms with van der Waals surface area (Å²) in [6.45, 7) is 18.7. The number of rotatable bonds is 31. The number of thioether (sulfide) groups is 6. The Labute approximate surface area is 903 Å². The molecule has 2 saturated carbocycles. The van der Waals surface area contributed by atoms with Crippen molar-refractivity contribution in [3.8, 4) is 0 Å². The SMILES string of the molecule is CCCCSC[C@H]1CN(CC2=CCc3c(N)ccnc32)C[C@H]1O.CCSC[C@H]1CN(CC2=CCc3c(N)ccnc32)C[C@H]1O.Cc1ccc(SC[C@H]2C[C@@H](C3=CCc4c(N)ccnc43)C(O)[C@H]2O)cc1.Cc1cccc(SC[C@H]2C[C@@H](C3=CCc4c(N)ccnc43)C(O)[C@H]2O)c1.Nc1ccnc2c1CC=C2CN1C[C@H](CSCc2ccccc2)[C@H](O)C1.Nc1ccnc2c1CC=C2CN1C[C@H](CSc2ccc(Cl)cc2)[C@H](O)C1. The van der Waals surface area contributed by atoms with E-state index in [2.05, 4.69) is 186 Å². The van der Waals surface area contributed by atoms with Gasteiger partial charge >= 0.3 is 0 Å². The molecule has 8 aliphatic carbocycles. The summed E-state index contributed by atoms with van der Waals surface area (Å²) in [5, 5.41) is 84.7. The second-order valence-electron chi connectivity index (χ2n) is 41.2. The summed E-state index contributed by atoms with van der Waals surface area (Å²) in [5.41, 5.74) is 64.7. The number of nitrogens with zero attached hydrogens (tertiary/aromatic N) is 10. The first-order valence-electron chi connectivity index (χ1n) is 52.2. The van der Waals surface area contributed by atoms with Crippen LogP contribution in [-0.4, -0.2) is 264 Å². The zero-order valence-corrected chi connectivity index (χ0v) is 90.9. The number of aliphatic hydroxyl groups excluding tert-OH is 8. The highest BCUT2D eigenvalue weighted by atomic mass is 35.5. The molecule has 0 bridgehead atoms. The molecule has 148 heavy (non-hydrogen) atoms. The number of hydrogen-bond donors (Lipinski definition) is 14. The molecule has 0 radical (unpaired) electrons. The number of aromatic nitrogens is 6. The maximum absolute atomic E-state index is 10.7. The van der Waals surface area contributed by atoms with Gasteiger partial charge in [0.25, 0.3) is 0 Å². The monoisotopic (exact) mass is 2130 g/mol. The van der Waals surface area contributed by atoms with E-state index in [0.717, 1.165) is 287 Å². The smallest absolute Gasteiger partial charge is 0.0871 e. The second kappa shape index (κ2) is 52.5. The summed E-state index contributed by atoms with van der Waals surface area (Å²) in [7, 11) is 0. The molecule has 10 heterocycles. The maximum Gasteiger partial charge on any atom is 0.0871 e. The molecule has 31 heteroatoms. The molecule has 0 spiro atoms. The van der Waals surface area contributed by atoms with Crippen molar-refractivity contribution in [2.45, 2.75) is 161 Å². The number of fused-ring (bicyclic) bond motifs is 6. The lowest BCUT2D eigenvalue weighted by atomic mass is 9.93. The van der Waals surface area contributed by atoms with Crippen molar-refractivity contribution < 1.29 is 40.9 Å². The summed E-state index contributed by atoms with van der Waals surface area (Å²) >= 11 is 17.0. The first-order valence-corrected chi connectivity index (χ1v) is 59.0. The van der Waals surface area contributed by atoms with Crippen LogP contribution in [-0.2, 0) is 44.3 Å². The Morgan fingerprint density at radius 3 is 1.05 bits per heavy atom. The van der Waals surface area contributed by atoms with E-state index >= 15 is 0 Å². The molecule has 784 valence electrons. The van der Waals surface area contributed by atoms with E-state index in [1.165, 1.54) is 72.3 Å². The van der Waals surface area contributed by atoms with Gasteiger partial charge in [-0.15, -0.1) is 35.3 Å². The van der Waals surface area contributed by atoms with Gasteiger partial charge in [0, 0.05) is 267 Å². The van der Waals surface area contributed by atoms with Crippen molar-refractivity contribution in [2.75, 3.05) is 159 Å². The van der Waals surface area contributed by atoms with E-state index < -0.39 is 24.4 Å². The molecular formula is C117H145ClN16O8S6. The lowest BCUT2D eigenvalue weighted by Crippen LogP contribution is -2.29. The Morgan fingerprint density at radius 2 is 0.669 bits per heavy atom. The molecule has 0 amide bonds. The molecule has 10 aromatic rings. The topological polar surface area (TPSA) is 408 Å². The first kappa shape index (κ1) is 110. The van der Waals surface area contributed by atoms with Crippen molar-refractivity contribution in [2.24, 2.45) is 47.3 Å². The van der Waals surface area contributed by atoms with Gasteiger partial charge in [0.05, 0.1) is 83.0 Å². The Hall–Kier alpha value is -9.07. The number of allylic oxidation sites excluding steroid dienone is 6. The number of likely N-dealkylation sites (tertiary alicyclic amines) is 4. The number of unbranched alkanes of at least 4 members (excludes halogenated alkanes) is 1. The van der Waals surface area contributed by atoms with Gasteiger partial charge in [-0.2, -0.15) is 35.3 Å². The predicted octanol–water partition coefficient (Wildman–Crippen LogP) is 16.4. The lowest BCUT2D eigenvalue weighted by molar-refractivity contribution is 0.0160. The van der Waals surface area contributed by atoms with Crippen LogP contribution in [0.25, 0.3) is 33.4 Å². The molecule has 20 N–H and O–H groups in total. The normalized spacial score (nSPS) is 24.8. The van der Waals surface area contributed by atoms with E-state index in [4.69, 9.17) is 46.0 Å². The minimum absolute atomic E-state index is 0.0616. The fraction of sp³-hybridized carbons (Fsp3) is 0.436. The highest BCUT2D eigenvalue weighted by Gasteiger charge is 2.47. The number of aryl methyl sites for hydroxylation is 2. The summed E-state index contributed by atoms with van der Waals surface area (Å²) in [5.74, 6) is 10.3. The lowest BCUT2D eigenvalue weighted by Gasteiger charge is -2.18. The minimum Gasteiger partial charge on any atom is -0.398 e. The molecule has 2 unspecified atom stereocenters. The third-order valence-electron chi connectivity index (χ3n) is 30.7. The molecule has 22 rings (SSSR count). The minimum atomic E-state index is -0.751. The van der Waals surface area contributed by atoms with E-state index in [1.54, 1.807) is 72.5 Å². The summed E-state index contributed by atoms with van der Waals surface area (Å²) in [4.78, 5) is 40.0. The van der Waals surface area contributed by atoms with Crippen LogP contribution in [0.3, 0.4) is 0 Å². The van der Waals surface area contributed by atoms with Gasteiger partial charge in [0.1, 0.15) is 0 Å². The standard InChI is InChI=1S/C21H25N3OS.2C21H24N2O2S.C20H22ClN3OS.C18H27N3OS.C16H23N3OS/c22-19-8-9-23-21-16(6-7-18(19)21)10-24-11-17(20(25)12-24)14-26-13-15-4-2-1-3-5-15;1-12-2-4-14(5-3-12)26-11-13-10-17(21(25)20(13)24)15-6-7-16-18(22)8-9-23-19(15)16;1-12-3-2-4-14(9-12)26-11-13-10-17(21(25)20(13)24)15-5-6-16-18(22)7-8-23-19(15)16;21-15-2-4-16(5-3-15)26-12-14-10-24(11-19(14)25)9-13-1-6-17-18(22)7-8-23-20(13)17;1-2-3-8-23-12-14-10-21(11-17(14)22)9-13-4-5-15-16(19)6-7-20-18(13)15;1-2-21-10-12-8-19(9-15(12)20)7-11-3-4-13-14(17)5-6-18-16(11)13/h1-6,8-9,17,20,25H,7,10-14H2,(H2,22,23);2-6,8-9,13,17,20-21,24-25H,7,10-11H2,1H3,(H2,22,23);2-5,7-9,13,17,20-21,24-25H,6,10-11H2,1H3,(H2,22,23);1-5,7-8,14,19,25H,6,9-12H2,(H2,22,23);4,6-7,14,17,22H,2-3,5,8-12H2,1H3,(H2,19,20);3,5-6,12,15,20H,2,4,7-10H2,1H3,(H2,17,18)/t17-,20-;2*13-,17+,20+,21?;14-,19-;14-,17-;12-,15-/m111111/s1. The van der Waals surface area contributed by atoms with Gasteiger partial charge in [-0.3, -0.25) is 49.5 Å². The van der Waals surface area contributed by atoms with Crippen molar-refractivity contribution >= 4 is 150 Å². The van der Waals surface area contributed by atoms with E-state index in [1.807, 2.05) is 102 Å². The second-order valence-corrected chi connectivity index (χ2v) is 48.4. The Bertz CT molecular complexity index is 6370. The van der Waals surface area contributed by atoms with Crippen LogP contribution in [0.15, 0.2) is 228 Å². The zero-order chi connectivity index (χ0) is 104. The van der Waals surface area contributed by atoms with Gasteiger partial charge in [-0.1, -0.05) is 134 Å². The number of β-amino-alcohol motifs (C(OH)–C–C–N with tert-alkyl or cyclic N) is 4. The summed E-state index contributed by atoms with van der Waals surface area (Å²) in [6.07, 6.45) is 29.0. The van der Waals surface area contributed by atoms with Crippen LogP contribution >= 0.6 is 82.2 Å². The molecule has 6 fully saturated rings. The van der Waals surface area contributed by atoms with Crippen molar-refractivity contribution in [1.29, 1.82) is 0 Å². The fourth-order valence-electron chi connectivity index (χ4n) is 22.3. The predicted molar refractivity (Wildman–Crippen MR) is 617 cm³/mol. The third kappa shape index (κ3) is 27.8. The molecule has 12 aliphatic rings. The van der Waals surface area contributed by atoms with Gasteiger partial charge < -0.3 is 75.3 Å².